The van der Waals surface area contributed by atoms with Gasteiger partial charge in [-0.25, -0.2) is 0 Å². The first-order chi connectivity index (χ1) is 13.5. The number of aryl methyl sites for hydroxylation is 2. The normalized spacial score (nSPS) is 17.4. The topological polar surface area (TPSA) is 0 Å². The van der Waals surface area contributed by atoms with Crippen LogP contribution in [-0.4, -0.2) is 0 Å². The van der Waals surface area contributed by atoms with Crippen LogP contribution in [0.1, 0.15) is 61.8 Å². The third-order valence-corrected chi connectivity index (χ3v) is 6.39. The molecule has 0 aromatic heterocycles. The molecule has 0 radical (unpaired) electrons. The molecule has 2 aliphatic carbocycles. The van der Waals surface area contributed by atoms with E-state index in [0.29, 0.717) is 11.8 Å². The standard InChI is InChI=1S/C28H30/c1-19-15-27(16-20(19)2)25-11-7-23(8-12-25)5-6-24-9-13-26(14-10-24)28-17-21(3)22(4)18-28/h7-18,27-28H,5-6H2,1-4H3. The fourth-order valence-corrected chi connectivity index (χ4v) is 4.19. The lowest BCUT2D eigenvalue weighted by atomic mass is 9.95. The fourth-order valence-electron chi connectivity index (χ4n) is 4.19. The minimum atomic E-state index is 0.451. The van der Waals surface area contributed by atoms with Crippen LogP contribution >= 0.6 is 0 Å². The molecule has 0 unspecified atom stereocenters. The first-order valence-electron chi connectivity index (χ1n) is 10.4. The Bertz CT molecular complexity index is 856. The van der Waals surface area contributed by atoms with Crippen LogP contribution in [-0.2, 0) is 12.8 Å². The Morgan fingerprint density at radius 2 is 0.750 bits per heavy atom. The van der Waals surface area contributed by atoms with Crippen LogP contribution in [0.5, 0.6) is 0 Å². The molecule has 0 fully saturated rings. The van der Waals surface area contributed by atoms with Gasteiger partial charge in [0.15, 0.2) is 0 Å². The van der Waals surface area contributed by atoms with Gasteiger partial charge in [-0.3, -0.25) is 0 Å². The maximum absolute atomic E-state index is 2.36. The summed E-state index contributed by atoms with van der Waals surface area (Å²) in [6, 6.07) is 18.4. The van der Waals surface area contributed by atoms with Crippen molar-refractivity contribution in [2.75, 3.05) is 0 Å². The number of hydrogen-bond donors (Lipinski definition) is 0. The van der Waals surface area contributed by atoms with Crippen molar-refractivity contribution in [1.29, 1.82) is 0 Å². The summed E-state index contributed by atoms with van der Waals surface area (Å²) in [5.74, 6) is 0.903. The first kappa shape index (κ1) is 18.7. The van der Waals surface area contributed by atoms with E-state index in [0.717, 1.165) is 12.8 Å². The van der Waals surface area contributed by atoms with E-state index in [4.69, 9.17) is 0 Å². The van der Waals surface area contributed by atoms with E-state index in [-0.39, 0.29) is 0 Å². The van der Waals surface area contributed by atoms with Gasteiger partial charge in [0.05, 0.1) is 0 Å². The van der Waals surface area contributed by atoms with E-state index < -0.39 is 0 Å². The average Bonchev–Trinajstić information content (AvgIpc) is 3.22. The van der Waals surface area contributed by atoms with Gasteiger partial charge in [-0.15, -0.1) is 0 Å². The molecule has 0 aliphatic heterocycles. The third kappa shape index (κ3) is 3.97. The van der Waals surface area contributed by atoms with Crippen LogP contribution in [0.2, 0.25) is 0 Å². The summed E-state index contributed by atoms with van der Waals surface area (Å²) in [7, 11) is 0. The molecule has 0 saturated carbocycles. The summed E-state index contributed by atoms with van der Waals surface area (Å²) in [6.45, 7) is 8.81. The quantitative estimate of drug-likeness (QED) is 0.515. The Labute approximate surface area is 170 Å². The molecular weight excluding hydrogens is 336 g/mol. The van der Waals surface area contributed by atoms with Crippen molar-refractivity contribution in [3.63, 3.8) is 0 Å². The highest BCUT2D eigenvalue weighted by Gasteiger charge is 2.14. The van der Waals surface area contributed by atoms with E-state index in [9.17, 15) is 0 Å². The largest absolute Gasteiger partial charge is 0.0700 e. The molecule has 2 aromatic rings. The molecule has 4 rings (SSSR count). The van der Waals surface area contributed by atoms with Crippen molar-refractivity contribution in [3.8, 4) is 0 Å². The summed E-state index contributed by atoms with van der Waals surface area (Å²) in [6.07, 6.45) is 11.6. The number of benzene rings is 2. The number of allylic oxidation sites excluding steroid dienone is 8. The molecule has 142 valence electrons. The lowest BCUT2D eigenvalue weighted by Crippen LogP contribution is -1.95. The maximum Gasteiger partial charge on any atom is 0.0210 e. The van der Waals surface area contributed by atoms with Crippen molar-refractivity contribution < 1.29 is 0 Å². The summed E-state index contributed by atoms with van der Waals surface area (Å²) >= 11 is 0. The zero-order chi connectivity index (χ0) is 19.7. The highest BCUT2D eigenvalue weighted by Crippen LogP contribution is 2.32. The lowest BCUT2D eigenvalue weighted by molar-refractivity contribution is 0.952. The molecule has 0 heterocycles. The Morgan fingerprint density at radius 1 is 0.464 bits per heavy atom. The van der Waals surface area contributed by atoms with E-state index in [1.165, 1.54) is 44.5 Å². The first-order valence-corrected chi connectivity index (χ1v) is 10.4. The molecule has 0 atom stereocenters. The van der Waals surface area contributed by atoms with Gasteiger partial charge >= 0.3 is 0 Å². The third-order valence-electron chi connectivity index (χ3n) is 6.39. The Balaban J connectivity index is 1.36. The highest BCUT2D eigenvalue weighted by molar-refractivity contribution is 5.45. The average molecular weight is 367 g/mol. The van der Waals surface area contributed by atoms with Crippen molar-refractivity contribution >= 4 is 0 Å². The van der Waals surface area contributed by atoms with Crippen LogP contribution in [0.15, 0.2) is 95.1 Å². The zero-order valence-electron chi connectivity index (χ0n) is 17.5. The zero-order valence-corrected chi connectivity index (χ0v) is 17.5. The summed E-state index contributed by atoms with van der Waals surface area (Å²) in [4.78, 5) is 0. The molecule has 2 aliphatic rings. The second-order valence-corrected chi connectivity index (χ2v) is 8.43. The molecule has 0 amide bonds. The van der Waals surface area contributed by atoms with Gasteiger partial charge in [-0.05, 0) is 62.8 Å². The number of rotatable bonds is 5. The minimum Gasteiger partial charge on any atom is -0.0700 e. The van der Waals surface area contributed by atoms with Crippen molar-refractivity contribution in [2.45, 2.75) is 52.4 Å². The van der Waals surface area contributed by atoms with Gasteiger partial charge in [0, 0.05) is 11.8 Å². The van der Waals surface area contributed by atoms with E-state index in [1.54, 1.807) is 0 Å². The predicted molar refractivity (Wildman–Crippen MR) is 121 cm³/mol. The van der Waals surface area contributed by atoms with Crippen LogP contribution in [0, 0.1) is 0 Å². The van der Waals surface area contributed by atoms with E-state index in [1.807, 2.05) is 0 Å². The van der Waals surface area contributed by atoms with E-state index >= 15 is 0 Å². The smallest absolute Gasteiger partial charge is 0.0210 e. The highest BCUT2D eigenvalue weighted by atomic mass is 14.2. The van der Waals surface area contributed by atoms with Crippen molar-refractivity contribution in [1.82, 2.24) is 0 Å². The number of hydrogen-bond acceptors (Lipinski definition) is 0. The van der Waals surface area contributed by atoms with Gasteiger partial charge in [0.25, 0.3) is 0 Å². The monoisotopic (exact) mass is 366 g/mol. The van der Waals surface area contributed by atoms with Gasteiger partial charge in [0.2, 0.25) is 0 Å². The second kappa shape index (κ2) is 7.80. The van der Waals surface area contributed by atoms with Crippen LogP contribution in [0.25, 0.3) is 0 Å². The van der Waals surface area contributed by atoms with Crippen LogP contribution < -0.4 is 0 Å². The Hall–Kier alpha value is -2.60. The fraction of sp³-hybridized carbons (Fsp3) is 0.286. The second-order valence-electron chi connectivity index (χ2n) is 8.43. The Morgan fingerprint density at radius 3 is 1.04 bits per heavy atom. The summed E-state index contributed by atoms with van der Waals surface area (Å²) in [5, 5.41) is 0. The molecule has 2 aromatic carbocycles. The molecular formula is C28H30. The summed E-state index contributed by atoms with van der Waals surface area (Å²) in [5.41, 5.74) is 11.3. The molecule has 0 heteroatoms. The van der Waals surface area contributed by atoms with Crippen molar-refractivity contribution in [3.05, 3.63) is 117 Å². The van der Waals surface area contributed by atoms with Crippen molar-refractivity contribution in [2.24, 2.45) is 0 Å². The SMILES string of the molecule is CC1=CC(c2ccc(CCc3ccc(C4C=C(C)C(C)=C4)cc3)cc2)C=C1C. The van der Waals surface area contributed by atoms with Gasteiger partial charge in [-0.2, -0.15) is 0 Å². The molecule has 0 nitrogen and oxygen atoms in total. The maximum atomic E-state index is 2.36. The summed E-state index contributed by atoms with van der Waals surface area (Å²) < 4.78 is 0. The minimum absolute atomic E-state index is 0.451. The predicted octanol–water partition coefficient (Wildman–Crippen LogP) is 7.45. The van der Waals surface area contributed by atoms with Crippen LogP contribution in [0.4, 0.5) is 0 Å². The van der Waals surface area contributed by atoms with Gasteiger partial charge < -0.3 is 0 Å². The molecule has 0 bridgehead atoms. The van der Waals surface area contributed by atoms with E-state index in [2.05, 4.69) is 101 Å². The molecule has 0 spiro atoms. The van der Waals surface area contributed by atoms with Gasteiger partial charge in [-0.1, -0.05) is 95.1 Å². The lowest BCUT2D eigenvalue weighted by Gasteiger charge is -2.09. The molecule has 0 saturated heterocycles. The van der Waals surface area contributed by atoms with Gasteiger partial charge in [0.1, 0.15) is 0 Å². The molecule has 28 heavy (non-hydrogen) atoms. The molecule has 0 N–H and O–H groups in total. The Kier molecular flexibility index (Phi) is 5.22. The van der Waals surface area contributed by atoms with Crippen LogP contribution in [0.3, 0.4) is 0 Å².